The predicted molar refractivity (Wildman–Crippen MR) is 84.8 cm³/mol. The highest BCUT2D eigenvalue weighted by Gasteiger charge is 2.40. The van der Waals surface area contributed by atoms with Gasteiger partial charge in [0.25, 0.3) is 0 Å². The van der Waals surface area contributed by atoms with Crippen LogP contribution in [0.3, 0.4) is 0 Å². The van der Waals surface area contributed by atoms with Gasteiger partial charge in [0.1, 0.15) is 16.3 Å². The molecule has 1 rings (SSSR count). The van der Waals surface area contributed by atoms with E-state index in [1.54, 1.807) is 26.8 Å². The molecule has 0 unspecified atom stereocenters. The molecule has 0 aromatic carbocycles. The molecule has 1 saturated heterocycles. The Hall–Kier alpha value is -1.12. The molecule has 1 aliphatic heterocycles. The molecule has 2 atom stereocenters. The summed E-state index contributed by atoms with van der Waals surface area (Å²) in [6.07, 6.45) is 1.09. The van der Waals surface area contributed by atoms with Crippen LogP contribution >= 0.6 is 22.6 Å². The Morgan fingerprint density at radius 1 is 1.57 bits per heavy atom. The maximum absolute atomic E-state index is 12.4. The minimum atomic E-state index is -0.669. The molecular weight excluding hydrogens is 389 g/mol. The zero-order chi connectivity index (χ0) is 16.2. The first-order valence-corrected chi connectivity index (χ1v) is 7.87. The first-order chi connectivity index (χ1) is 9.65. The smallest absolute Gasteiger partial charge is 0.417 e. The highest BCUT2D eigenvalue weighted by atomic mass is 127. The van der Waals surface area contributed by atoms with E-state index in [2.05, 4.69) is 6.58 Å². The van der Waals surface area contributed by atoms with Crippen molar-refractivity contribution in [3.63, 3.8) is 0 Å². The topological polar surface area (TPSA) is 72.9 Å². The summed E-state index contributed by atoms with van der Waals surface area (Å²) < 4.78 is 9.70. The second-order valence-electron chi connectivity index (χ2n) is 5.73. The SMILES string of the molecule is C=CC[C@H](CC(=O)OC(C)(C)C)C(=O)N1C(=O)OC[C@@H]1I. The van der Waals surface area contributed by atoms with E-state index in [-0.39, 0.29) is 17.1 Å². The van der Waals surface area contributed by atoms with Gasteiger partial charge in [-0.3, -0.25) is 9.59 Å². The standard InChI is InChI=1S/C14H20INO5/c1-5-6-9(7-11(17)21-14(2,3)4)12(18)16-10(15)8-20-13(16)19/h5,9-10H,1,6-8H2,2-4H3/t9-,10-/m1/s1. The van der Waals surface area contributed by atoms with Gasteiger partial charge in [0, 0.05) is 0 Å². The summed E-state index contributed by atoms with van der Waals surface area (Å²) in [4.78, 5) is 36.9. The molecule has 0 aliphatic carbocycles. The van der Waals surface area contributed by atoms with Crippen LogP contribution < -0.4 is 0 Å². The van der Waals surface area contributed by atoms with Crippen molar-refractivity contribution >= 4 is 40.6 Å². The Balaban J connectivity index is 2.76. The number of carbonyl (C=O) groups excluding carboxylic acids is 3. The lowest BCUT2D eigenvalue weighted by atomic mass is 9.99. The quantitative estimate of drug-likeness (QED) is 0.230. The number of carbonyl (C=O) groups is 3. The highest BCUT2D eigenvalue weighted by Crippen LogP contribution is 2.24. The van der Waals surface area contributed by atoms with Gasteiger partial charge in [0.2, 0.25) is 5.91 Å². The molecule has 1 heterocycles. The maximum Gasteiger partial charge on any atom is 0.417 e. The van der Waals surface area contributed by atoms with Crippen LogP contribution in [-0.2, 0) is 19.1 Å². The molecule has 0 saturated carbocycles. The molecule has 0 aromatic heterocycles. The van der Waals surface area contributed by atoms with Crippen molar-refractivity contribution < 1.29 is 23.9 Å². The number of halogens is 1. The van der Waals surface area contributed by atoms with Crippen molar-refractivity contribution in [2.45, 2.75) is 43.3 Å². The summed E-state index contributed by atoms with van der Waals surface area (Å²) in [5.74, 6) is -1.57. The number of hydrogen-bond donors (Lipinski definition) is 0. The van der Waals surface area contributed by atoms with E-state index in [9.17, 15) is 14.4 Å². The average Bonchev–Trinajstić information content (AvgIpc) is 2.65. The average molecular weight is 409 g/mol. The number of esters is 1. The fraction of sp³-hybridized carbons (Fsp3) is 0.643. The van der Waals surface area contributed by atoms with Gasteiger partial charge < -0.3 is 9.47 Å². The van der Waals surface area contributed by atoms with E-state index in [0.29, 0.717) is 6.42 Å². The number of rotatable bonds is 5. The molecule has 0 aromatic rings. The van der Waals surface area contributed by atoms with Gasteiger partial charge >= 0.3 is 12.1 Å². The van der Waals surface area contributed by atoms with Crippen molar-refractivity contribution in [3.8, 4) is 0 Å². The normalized spacial score (nSPS) is 19.9. The number of imide groups is 1. The third-order valence-corrected chi connectivity index (χ3v) is 3.61. The fourth-order valence-corrected chi connectivity index (χ4v) is 2.56. The molecule has 1 fully saturated rings. The van der Waals surface area contributed by atoms with Crippen molar-refractivity contribution in [2.75, 3.05) is 6.61 Å². The third kappa shape index (κ3) is 5.29. The molecule has 118 valence electrons. The monoisotopic (exact) mass is 409 g/mol. The number of ether oxygens (including phenoxy) is 2. The van der Waals surface area contributed by atoms with Gasteiger partial charge in [-0.15, -0.1) is 6.58 Å². The van der Waals surface area contributed by atoms with Crippen LogP contribution in [0.15, 0.2) is 12.7 Å². The summed E-state index contributed by atoms with van der Waals surface area (Å²) in [5.41, 5.74) is -0.614. The Bertz CT molecular complexity index is 443. The number of amides is 2. The molecule has 6 nitrogen and oxygen atoms in total. The number of allylic oxidation sites excluding steroid dienone is 1. The van der Waals surface area contributed by atoms with Crippen LogP contribution in [0.25, 0.3) is 0 Å². The van der Waals surface area contributed by atoms with Crippen molar-refractivity contribution in [1.29, 1.82) is 0 Å². The van der Waals surface area contributed by atoms with Gasteiger partial charge in [0.15, 0.2) is 0 Å². The zero-order valence-corrected chi connectivity index (χ0v) is 14.6. The third-order valence-electron chi connectivity index (χ3n) is 2.69. The summed E-state index contributed by atoms with van der Waals surface area (Å²) in [6.45, 7) is 9.03. The second kappa shape index (κ2) is 7.24. The van der Waals surface area contributed by atoms with Crippen LogP contribution in [0.1, 0.15) is 33.6 Å². The van der Waals surface area contributed by atoms with E-state index >= 15 is 0 Å². The Morgan fingerprint density at radius 2 is 2.19 bits per heavy atom. The van der Waals surface area contributed by atoms with E-state index in [0.717, 1.165) is 4.90 Å². The maximum atomic E-state index is 12.4. The molecule has 7 heteroatoms. The predicted octanol–water partition coefficient (Wildman–Crippen LogP) is 2.65. The molecule has 21 heavy (non-hydrogen) atoms. The van der Waals surface area contributed by atoms with Gasteiger partial charge in [-0.05, 0) is 27.2 Å². The lowest BCUT2D eigenvalue weighted by Gasteiger charge is -2.24. The molecule has 2 amide bonds. The number of nitrogens with zero attached hydrogens (tertiary/aromatic N) is 1. The van der Waals surface area contributed by atoms with Gasteiger partial charge in [0.05, 0.1) is 12.3 Å². The van der Waals surface area contributed by atoms with Gasteiger partial charge in [-0.25, -0.2) is 9.69 Å². The number of hydrogen-bond acceptors (Lipinski definition) is 5. The lowest BCUT2D eigenvalue weighted by Crippen LogP contribution is -2.41. The van der Waals surface area contributed by atoms with Crippen LogP contribution in [0.2, 0.25) is 0 Å². The largest absolute Gasteiger partial charge is 0.460 e. The van der Waals surface area contributed by atoms with Crippen molar-refractivity contribution in [1.82, 2.24) is 4.90 Å². The fourth-order valence-electron chi connectivity index (χ4n) is 1.88. The minimum Gasteiger partial charge on any atom is -0.460 e. The van der Waals surface area contributed by atoms with Crippen LogP contribution in [-0.4, -0.2) is 39.1 Å². The summed E-state index contributed by atoms with van der Waals surface area (Å²) in [5, 5.41) is 0. The van der Waals surface area contributed by atoms with Crippen LogP contribution in [0, 0.1) is 5.92 Å². The van der Waals surface area contributed by atoms with Gasteiger partial charge in [-0.1, -0.05) is 28.7 Å². The summed E-state index contributed by atoms with van der Waals surface area (Å²) in [7, 11) is 0. The van der Waals surface area contributed by atoms with E-state index in [1.807, 2.05) is 22.6 Å². The van der Waals surface area contributed by atoms with Crippen molar-refractivity contribution in [2.24, 2.45) is 5.92 Å². The lowest BCUT2D eigenvalue weighted by molar-refractivity contribution is -0.158. The van der Waals surface area contributed by atoms with Crippen LogP contribution in [0.5, 0.6) is 0 Å². The number of alkyl halides is 1. The first-order valence-electron chi connectivity index (χ1n) is 6.62. The second-order valence-corrected chi connectivity index (χ2v) is 7.17. The molecule has 0 radical (unpaired) electrons. The molecule has 0 spiro atoms. The first kappa shape index (κ1) is 17.9. The molecular formula is C14H20INO5. The Kier molecular flexibility index (Phi) is 6.18. The van der Waals surface area contributed by atoms with E-state index < -0.39 is 29.5 Å². The molecule has 0 bridgehead atoms. The minimum absolute atomic E-state index is 0.0880. The summed E-state index contributed by atoms with van der Waals surface area (Å²) >= 11 is 1.96. The van der Waals surface area contributed by atoms with E-state index in [4.69, 9.17) is 9.47 Å². The molecule has 0 N–H and O–H groups in total. The zero-order valence-electron chi connectivity index (χ0n) is 12.4. The summed E-state index contributed by atoms with van der Waals surface area (Å²) in [6, 6.07) is 0. The Morgan fingerprint density at radius 3 is 2.62 bits per heavy atom. The van der Waals surface area contributed by atoms with Crippen molar-refractivity contribution in [3.05, 3.63) is 12.7 Å². The van der Waals surface area contributed by atoms with E-state index in [1.165, 1.54) is 0 Å². The van der Waals surface area contributed by atoms with Gasteiger partial charge in [-0.2, -0.15) is 0 Å². The Labute approximate surface area is 138 Å². The highest BCUT2D eigenvalue weighted by molar-refractivity contribution is 14.1. The number of cyclic esters (lactones) is 1. The molecule has 1 aliphatic rings. The van der Waals surface area contributed by atoms with Crippen LogP contribution in [0.4, 0.5) is 4.79 Å².